The minimum Gasteiger partial charge on any atom is -0.497 e. The molecule has 0 unspecified atom stereocenters. The molecule has 124 valence electrons. The summed E-state index contributed by atoms with van der Waals surface area (Å²) >= 11 is 0. The van der Waals surface area contributed by atoms with E-state index in [4.69, 9.17) is 9.47 Å². The maximum absolute atomic E-state index is 12.9. The topological polar surface area (TPSA) is 87.0 Å². The van der Waals surface area contributed by atoms with Crippen LogP contribution in [0.3, 0.4) is 0 Å². The molecule has 1 aromatic heterocycles. The fourth-order valence-corrected chi connectivity index (χ4v) is 3.79. The summed E-state index contributed by atoms with van der Waals surface area (Å²) in [7, 11) is -0.893. The minimum absolute atomic E-state index is 0.0287. The SMILES string of the molecule is COc1ccc(S(=O)(=O)n2cc(N=O)c3cc(OC)ccc32)cc1. The Hall–Kier alpha value is -2.87. The second-order valence-corrected chi connectivity index (χ2v) is 6.78. The molecule has 7 nitrogen and oxygen atoms in total. The van der Waals surface area contributed by atoms with E-state index in [0.717, 1.165) is 3.97 Å². The number of hydrogen-bond donors (Lipinski definition) is 0. The second kappa shape index (κ2) is 5.97. The van der Waals surface area contributed by atoms with Crippen LogP contribution in [0.25, 0.3) is 10.9 Å². The third-order valence-electron chi connectivity index (χ3n) is 3.67. The number of aromatic nitrogens is 1. The van der Waals surface area contributed by atoms with Gasteiger partial charge in [-0.15, -0.1) is 4.91 Å². The predicted octanol–water partition coefficient (Wildman–Crippen LogP) is 3.29. The summed E-state index contributed by atoms with van der Waals surface area (Å²) < 4.78 is 36.9. The van der Waals surface area contributed by atoms with Gasteiger partial charge in [-0.2, -0.15) is 0 Å². The summed E-state index contributed by atoms with van der Waals surface area (Å²) in [6.07, 6.45) is 1.21. The molecule has 0 radical (unpaired) electrons. The Bertz CT molecular complexity index is 1010. The standard InChI is InChI=1S/C16H14N2O5S/c1-22-11-3-6-13(7-4-11)24(20,21)18-10-15(17-19)14-9-12(23-2)5-8-16(14)18/h3-10H,1-2H3. The number of hydrogen-bond acceptors (Lipinski definition) is 6. The van der Waals surface area contributed by atoms with Gasteiger partial charge < -0.3 is 9.47 Å². The second-order valence-electron chi connectivity index (χ2n) is 4.97. The van der Waals surface area contributed by atoms with Gasteiger partial charge in [-0.05, 0) is 47.6 Å². The lowest BCUT2D eigenvalue weighted by molar-refractivity contribution is 0.414. The normalized spacial score (nSPS) is 11.4. The van der Waals surface area contributed by atoms with Crippen molar-refractivity contribution in [3.8, 4) is 11.5 Å². The van der Waals surface area contributed by atoms with E-state index in [2.05, 4.69) is 5.18 Å². The van der Waals surface area contributed by atoms with Crippen molar-refractivity contribution < 1.29 is 17.9 Å². The van der Waals surface area contributed by atoms with Gasteiger partial charge in [-0.25, -0.2) is 12.4 Å². The lowest BCUT2D eigenvalue weighted by Crippen LogP contribution is -2.11. The average Bonchev–Trinajstić information content (AvgIpc) is 3.00. The van der Waals surface area contributed by atoms with Crippen molar-refractivity contribution in [1.29, 1.82) is 0 Å². The molecule has 1 heterocycles. The molecule has 0 saturated carbocycles. The molecule has 2 aromatic carbocycles. The van der Waals surface area contributed by atoms with Crippen molar-refractivity contribution in [1.82, 2.24) is 3.97 Å². The highest BCUT2D eigenvalue weighted by Crippen LogP contribution is 2.34. The van der Waals surface area contributed by atoms with Gasteiger partial charge in [0.2, 0.25) is 0 Å². The van der Waals surface area contributed by atoms with Gasteiger partial charge in [0.25, 0.3) is 10.0 Å². The van der Waals surface area contributed by atoms with Gasteiger partial charge in [0.05, 0.1) is 30.8 Å². The Morgan fingerprint density at radius 2 is 1.58 bits per heavy atom. The molecular formula is C16H14N2O5S. The largest absolute Gasteiger partial charge is 0.497 e. The van der Waals surface area contributed by atoms with E-state index in [1.54, 1.807) is 30.3 Å². The number of ether oxygens (including phenoxy) is 2. The van der Waals surface area contributed by atoms with Gasteiger partial charge in [0.1, 0.15) is 17.2 Å². The van der Waals surface area contributed by atoms with Crippen LogP contribution in [0.15, 0.2) is 58.7 Å². The third kappa shape index (κ3) is 2.50. The molecule has 8 heteroatoms. The zero-order valence-electron chi connectivity index (χ0n) is 13.0. The first-order chi connectivity index (χ1) is 11.5. The third-order valence-corrected chi connectivity index (χ3v) is 5.36. The molecule has 0 aliphatic rings. The molecule has 0 bridgehead atoms. The number of rotatable bonds is 5. The van der Waals surface area contributed by atoms with Gasteiger partial charge in [-0.1, -0.05) is 0 Å². The first kappa shape index (κ1) is 16.0. The van der Waals surface area contributed by atoms with Crippen molar-refractivity contribution in [2.45, 2.75) is 4.90 Å². The summed E-state index contributed by atoms with van der Waals surface area (Å²) in [4.78, 5) is 11.1. The fraction of sp³-hybridized carbons (Fsp3) is 0.125. The lowest BCUT2D eigenvalue weighted by atomic mass is 10.2. The lowest BCUT2D eigenvalue weighted by Gasteiger charge is -2.08. The van der Waals surface area contributed by atoms with E-state index in [-0.39, 0.29) is 10.6 Å². The van der Waals surface area contributed by atoms with Crippen molar-refractivity contribution in [2.75, 3.05) is 14.2 Å². The Balaban J connectivity index is 2.22. The monoisotopic (exact) mass is 346 g/mol. The van der Waals surface area contributed by atoms with E-state index in [1.807, 2.05) is 0 Å². The fourth-order valence-electron chi connectivity index (χ4n) is 2.42. The number of nitrogens with zero attached hydrogens (tertiary/aromatic N) is 2. The molecule has 0 N–H and O–H groups in total. The Morgan fingerprint density at radius 3 is 2.17 bits per heavy atom. The van der Waals surface area contributed by atoms with Gasteiger partial charge in [-0.3, -0.25) is 0 Å². The quantitative estimate of drug-likeness (QED) is 0.662. The van der Waals surface area contributed by atoms with Crippen LogP contribution in [0, 0.1) is 4.91 Å². The molecule has 0 saturated heterocycles. The number of methoxy groups -OCH3 is 2. The predicted molar refractivity (Wildman–Crippen MR) is 89.5 cm³/mol. The number of fused-ring (bicyclic) bond motifs is 1. The molecule has 3 rings (SSSR count). The van der Waals surface area contributed by atoms with Gasteiger partial charge in [0.15, 0.2) is 0 Å². The van der Waals surface area contributed by atoms with Crippen molar-refractivity contribution in [3.63, 3.8) is 0 Å². The molecule has 0 amide bonds. The van der Waals surface area contributed by atoms with E-state index in [0.29, 0.717) is 22.4 Å². The van der Waals surface area contributed by atoms with Crippen LogP contribution in [-0.2, 0) is 10.0 Å². The molecular weight excluding hydrogens is 332 g/mol. The van der Waals surface area contributed by atoms with Crippen LogP contribution < -0.4 is 9.47 Å². The molecule has 3 aromatic rings. The minimum atomic E-state index is -3.88. The van der Waals surface area contributed by atoms with Crippen molar-refractivity contribution in [3.05, 3.63) is 53.6 Å². The molecule has 0 atom stereocenters. The van der Waals surface area contributed by atoms with Gasteiger partial charge in [0, 0.05) is 5.39 Å². The molecule has 0 fully saturated rings. The van der Waals surface area contributed by atoms with Crippen LogP contribution >= 0.6 is 0 Å². The van der Waals surface area contributed by atoms with Crippen LogP contribution in [0.5, 0.6) is 11.5 Å². The maximum Gasteiger partial charge on any atom is 0.268 e. The molecule has 24 heavy (non-hydrogen) atoms. The summed E-state index contributed by atoms with van der Waals surface area (Å²) in [5.74, 6) is 1.05. The maximum atomic E-state index is 12.9. The van der Waals surface area contributed by atoms with Crippen LogP contribution in [0.1, 0.15) is 0 Å². The van der Waals surface area contributed by atoms with Crippen molar-refractivity contribution >= 4 is 26.6 Å². The molecule has 0 spiro atoms. The smallest absolute Gasteiger partial charge is 0.268 e. The van der Waals surface area contributed by atoms with E-state index >= 15 is 0 Å². The highest BCUT2D eigenvalue weighted by atomic mass is 32.2. The van der Waals surface area contributed by atoms with E-state index in [1.165, 1.54) is 32.5 Å². The first-order valence-corrected chi connectivity index (χ1v) is 8.37. The number of nitroso groups, excluding NO2 is 1. The van der Waals surface area contributed by atoms with Crippen LogP contribution in [-0.4, -0.2) is 26.6 Å². The number of benzene rings is 2. The first-order valence-electron chi connectivity index (χ1n) is 6.93. The molecule has 0 aliphatic carbocycles. The van der Waals surface area contributed by atoms with Crippen molar-refractivity contribution in [2.24, 2.45) is 5.18 Å². The average molecular weight is 346 g/mol. The highest BCUT2D eigenvalue weighted by Gasteiger charge is 2.22. The summed E-state index contributed by atoms with van der Waals surface area (Å²) in [6.45, 7) is 0. The summed E-state index contributed by atoms with van der Waals surface area (Å²) in [5.41, 5.74) is 0.377. The Kier molecular flexibility index (Phi) is 3.98. The van der Waals surface area contributed by atoms with Crippen LogP contribution in [0.4, 0.5) is 5.69 Å². The Labute approximate surface area is 138 Å². The summed E-state index contributed by atoms with van der Waals surface area (Å²) in [5, 5.41) is 3.32. The van der Waals surface area contributed by atoms with Crippen LogP contribution in [0.2, 0.25) is 0 Å². The Morgan fingerprint density at radius 1 is 0.958 bits per heavy atom. The zero-order valence-corrected chi connectivity index (χ0v) is 13.8. The zero-order chi connectivity index (χ0) is 17.3. The van der Waals surface area contributed by atoms with E-state index < -0.39 is 10.0 Å². The summed E-state index contributed by atoms with van der Waals surface area (Å²) in [6, 6.07) is 10.8. The highest BCUT2D eigenvalue weighted by molar-refractivity contribution is 7.90. The van der Waals surface area contributed by atoms with E-state index in [9.17, 15) is 13.3 Å². The van der Waals surface area contributed by atoms with Gasteiger partial charge >= 0.3 is 0 Å². The molecule has 0 aliphatic heterocycles.